The summed E-state index contributed by atoms with van der Waals surface area (Å²) in [5, 5.41) is 7.55. The van der Waals surface area contributed by atoms with Gasteiger partial charge in [-0.25, -0.2) is 0 Å². The van der Waals surface area contributed by atoms with Gasteiger partial charge in [-0.05, 0) is 36.3 Å². The highest BCUT2D eigenvalue weighted by Gasteiger charge is 2.15. The molecule has 0 aliphatic carbocycles. The van der Waals surface area contributed by atoms with E-state index in [2.05, 4.69) is 70.6 Å². The minimum absolute atomic E-state index is 0.737. The smallest absolute Gasteiger partial charge is 0.191 e. The quantitative estimate of drug-likeness (QED) is 0.647. The molecule has 1 aromatic rings. The van der Waals surface area contributed by atoms with E-state index in [9.17, 15) is 0 Å². The van der Waals surface area contributed by atoms with E-state index in [-0.39, 0.29) is 0 Å². The Balaban J connectivity index is 1.80. The van der Waals surface area contributed by atoms with Crippen LogP contribution in [0, 0.1) is 0 Å². The third-order valence-electron chi connectivity index (χ3n) is 3.63. The van der Waals surface area contributed by atoms with Gasteiger partial charge in [-0.15, -0.1) is 0 Å². The molecule has 1 atom stereocenters. The summed E-state index contributed by atoms with van der Waals surface area (Å²) in [7, 11) is 5.95. The molecule has 1 saturated heterocycles. The molecule has 4 nitrogen and oxygen atoms in total. The lowest BCUT2D eigenvalue weighted by Crippen LogP contribution is -2.39. The molecule has 21 heavy (non-hydrogen) atoms. The molecule has 2 rings (SSSR count). The van der Waals surface area contributed by atoms with Crippen LogP contribution in [0.25, 0.3) is 0 Å². The molecule has 1 fully saturated rings. The molecule has 0 bridgehead atoms. The van der Waals surface area contributed by atoms with Crippen molar-refractivity contribution in [2.45, 2.75) is 24.6 Å². The maximum atomic E-state index is 4.30. The van der Waals surface area contributed by atoms with Crippen LogP contribution in [0.1, 0.15) is 18.4 Å². The normalized spacial score (nSPS) is 18.6. The molecule has 2 N–H and O–H groups in total. The summed E-state index contributed by atoms with van der Waals surface area (Å²) in [6.07, 6.45) is 2.67. The van der Waals surface area contributed by atoms with Crippen molar-refractivity contribution in [3.05, 3.63) is 29.8 Å². The first-order chi connectivity index (χ1) is 10.2. The lowest BCUT2D eigenvalue weighted by molar-refractivity contribution is 0.726. The molecular formula is C16H26N4S. The van der Waals surface area contributed by atoms with E-state index in [0.717, 1.165) is 24.3 Å². The predicted molar refractivity (Wildman–Crippen MR) is 94.5 cm³/mol. The highest BCUT2D eigenvalue weighted by molar-refractivity contribution is 8.00. The number of rotatable bonds is 5. The standard InChI is InChI=1S/C16H26N4S/c1-17-16(19-12-15-8-5-9-21-15)18-11-13-6-4-7-14(10-13)20(2)3/h4,6-7,10,15H,5,8-9,11-12H2,1-3H3,(H2,17,18,19). The number of hydrogen-bond acceptors (Lipinski definition) is 3. The van der Waals surface area contributed by atoms with Gasteiger partial charge in [-0.2, -0.15) is 11.8 Å². The molecule has 5 heteroatoms. The Hall–Kier alpha value is -1.36. The van der Waals surface area contributed by atoms with Crippen LogP contribution in [-0.4, -0.2) is 44.7 Å². The molecule has 0 radical (unpaired) electrons. The van der Waals surface area contributed by atoms with Gasteiger partial charge in [0.05, 0.1) is 0 Å². The molecule has 0 aromatic heterocycles. The van der Waals surface area contributed by atoms with Crippen molar-refractivity contribution in [3.8, 4) is 0 Å². The van der Waals surface area contributed by atoms with Crippen LogP contribution in [0.5, 0.6) is 0 Å². The average molecular weight is 306 g/mol. The van der Waals surface area contributed by atoms with Crippen LogP contribution in [0.4, 0.5) is 5.69 Å². The highest BCUT2D eigenvalue weighted by Crippen LogP contribution is 2.25. The first-order valence-corrected chi connectivity index (χ1v) is 8.56. The van der Waals surface area contributed by atoms with Crippen molar-refractivity contribution in [3.63, 3.8) is 0 Å². The lowest BCUT2D eigenvalue weighted by Gasteiger charge is -2.16. The summed E-state index contributed by atoms with van der Waals surface area (Å²) < 4.78 is 0. The molecule has 116 valence electrons. The molecule has 1 heterocycles. The number of guanidine groups is 1. The van der Waals surface area contributed by atoms with E-state index < -0.39 is 0 Å². The van der Waals surface area contributed by atoms with Crippen molar-refractivity contribution in [2.24, 2.45) is 4.99 Å². The fourth-order valence-electron chi connectivity index (χ4n) is 2.37. The Labute approximate surface area is 132 Å². The van der Waals surface area contributed by atoms with Crippen molar-refractivity contribution >= 4 is 23.4 Å². The van der Waals surface area contributed by atoms with E-state index in [0.29, 0.717) is 0 Å². The second-order valence-electron chi connectivity index (χ2n) is 5.51. The Morgan fingerprint density at radius 1 is 1.38 bits per heavy atom. The third kappa shape index (κ3) is 5.16. The van der Waals surface area contributed by atoms with Crippen molar-refractivity contribution in [1.29, 1.82) is 0 Å². The van der Waals surface area contributed by atoms with Crippen LogP contribution >= 0.6 is 11.8 Å². The first kappa shape index (κ1) is 16.0. The molecule has 0 amide bonds. The van der Waals surface area contributed by atoms with E-state index in [1.807, 2.05) is 7.05 Å². The summed E-state index contributed by atoms with van der Waals surface area (Å²) in [5.74, 6) is 2.19. The second-order valence-corrected chi connectivity index (χ2v) is 6.91. The summed E-state index contributed by atoms with van der Waals surface area (Å²) in [6, 6.07) is 8.55. The Morgan fingerprint density at radius 2 is 2.24 bits per heavy atom. The molecule has 1 unspecified atom stereocenters. The van der Waals surface area contributed by atoms with Gasteiger partial charge in [0.15, 0.2) is 5.96 Å². The van der Waals surface area contributed by atoms with Crippen molar-refractivity contribution in [1.82, 2.24) is 10.6 Å². The lowest BCUT2D eigenvalue weighted by atomic mass is 10.2. The largest absolute Gasteiger partial charge is 0.378 e. The summed E-state index contributed by atoms with van der Waals surface area (Å²) in [4.78, 5) is 6.42. The van der Waals surface area contributed by atoms with Crippen LogP contribution in [-0.2, 0) is 6.54 Å². The SMILES string of the molecule is CN=C(NCc1cccc(N(C)C)c1)NCC1CCCS1. The number of anilines is 1. The van der Waals surface area contributed by atoms with Crippen LogP contribution < -0.4 is 15.5 Å². The number of thioether (sulfide) groups is 1. The van der Waals surface area contributed by atoms with Gasteiger partial charge in [0.2, 0.25) is 0 Å². The van der Waals surface area contributed by atoms with Crippen molar-refractivity contribution < 1.29 is 0 Å². The zero-order chi connectivity index (χ0) is 15.1. The van der Waals surface area contributed by atoms with E-state index in [1.54, 1.807) is 0 Å². The topological polar surface area (TPSA) is 39.7 Å². The molecule has 1 aliphatic heterocycles. The van der Waals surface area contributed by atoms with Gasteiger partial charge in [0, 0.05) is 45.2 Å². The number of nitrogens with zero attached hydrogens (tertiary/aromatic N) is 2. The van der Waals surface area contributed by atoms with E-state index >= 15 is 0 Å². The maximum absolute atomic E-state index is 4.30. The second kappa shape index (κ2) is 8.17. The summed E-state index contributed by atoms with van der Waals surface area (Å²) in [5.41, 5.74) is 2.49. The van der Waals surface area contributed by atoms with Crippen LogP contribution in [0.2, 0.25) is 0 Å². The number of hydrogen-bond donors (Lipinski definition) is 2. The zero-order valence-electron chi connectivity index (χ0n) is 13.2. The monoisotopic (exact) mass is 306 g/mol. The first-order valence-electron chi connectivity index (χ1n) is 7.51. The number of aliphatic imine (C=N–C) groups is 1. The van der Waals surface area contributed by atoms with Crippen LogP contribution in [0.15, 0.2) is 29.3 Å². The Bertz CT molecular complexity index is 467. The van der Waals surface area contributed by atoms with Gasteiger partial charge in [0.1, 0.15) is 0 Å². The highest BCUT2D eigenvalue weighted by atomic mass is 32.2. The zero-order valence-corrected chi connectivity index (χ0v) is 14.0. The fraction of sp³-hybridized carbons (Fsp3) is 0.562. The molecule has 1 aliphatic rings. The maximum Gasteiger partial charge on any atom is 0.191 e. The van der Waals surface area contributed by atoms with Crippen LogP contribution in [0.3, 0.4) is 0 Å². The predicted octanol–water partition coefficient (Wildman–Crippen LogP) is 2.31. The van der Waals surface area contributed by atoms with Gasteiger partial charge in [-0.1, -0.05) is 12.1 Å². The minimum atomic E-state index is 0.737. The summed E-state index contributed by atoms with van der Waals surface area (Å²) in [6.45, 7) is 1.79. The third-order valence-corrected chi connectivity index (χ3v) is 5.03. The van der Waals surface area contributed by atoms with Gasteiger partial charge < -0.3 is 15.5 Å². The van der Waals surface area contributed by atoms with Gasteiger partial charge in [-0.3, -0.25) is 4.99 Å². The Morgan fingerprint density at radius 3 is 2.90 bits per heavy atom. The summed E-state index contributed by atoms with van der Waals surface area (Å²) >= 11 is 2.06. The average Bonchev–Trinajstić information content (AvgIpc) is 3.01. The van der Waals surface area contributed by atoms with Crippen molar-refractivity contribution in [2.75, 3.05) is 38.3 Å². The van der Waals surface area contributed by atoms with E-state index in [1.165, 1.54) is 29.8 Å². The molecular weight excluding hydrogens is 280 g/mol. The fourth-order valence-corrected chi connectivity index (χ4v) is 3.57. The Kier molecular flexibility index (Phi) is 6.23. The number of benzene rings is 1. The number of nitrogens with one attached hydrogen (secondary N) is 2. The molecule has 0 spiro atoms. The molecule has 1 aromatic carbocycles. The minimum Gasteiger partial charge on any atom is -0.378 e. The van der Waals surface area contributed by atoms with Gasteiger partial charge in [0.25, 0.3) is 0 Å². The van der Waals surface area contributed by atoms with Gasteiger partial charge >= 0.3 is 0 Å². The van der Waals surface area contributed by atoms with E-state index in [4.69, 9.17) is 0 Å². The molecule has 0 saturated carbocycles.